The zero-order valence-electron chi connectivity index (χ0n) is 7.82. The molecule has 0 spiro atoms. The normalized spacial score (nSPS) is 36.2. The third kappa shape index (κ3) is 2.16. The van der Waals surface area contributed by atoms with E-state index in [1.807, 2.05) is 6.92 Å². The molecule has 0 bridgehead atoms. The third-order valence-electron chi connectivity index (χ3n) is 3.14. The van der Waals surface area contributed by atoms with E-state index in [9.17, 15) is 13.2 Å². The lowest BCUT2D eigenvalue weighted by atomic mass is 9.76. The van der Waals surface area contributed by atoms with Crippen molar-refractivity contribution in [2.75, 3.05) is 0 Å². The van der Waals surface area contributed by atoms with Crippen LogP contribution in [0.5, 0.6) is 0 Å². The highest BCUT2D eigenvalue weighted by molar-refractivity contribution is 4.95. The number of nitrogens with two attached hydrogens (primary N) is 1. The second-order valence-corrected chi connectivity index (χ2v) is 4.01. The highest BCUT2D eigenvalue weighted by atomic mass is 19.4. The second kappa shape index (κ2) is 3.48. The van der Waals surface area contributed by atoms with Crippen molar-refractivity contribution < 1.29 is 13.2 Å². The fraction of sp³-hybridized carbons (Fsp3) is 1.00. The Balaban J connectivity index is 2.57. The first-order valence-electron chi connectivity index (χ1n) is 4.74. The molecule has 0 radical (unpaired) electrons. The summed E-state index contributed by atoms with van der Waals surface area (Å²) in [7, 11) is 0. The van der Waals surface area contributed by atoms with Gasteiger partial charge in [-0.25, -0.2) is 0 Å². The van der Waals surface area contributed by atoms with Gasteiger partial charge in [-0.05, 0) is 31.6 Å². The molecule has 1 fully saturated rings. The first-order valence-corrected chi connectivity index (χ1v) is 4.74. The van der Waals surface area contributed by atoms with Crippen molar-refractivity contribution in [2.24, 2.45) is 11.7 Å². The smallest absolute Gasteiger partial charge is 0.318 e. The molecule has 1 aliphatic rings. The molecule has 4 heteroatoms. The SMILES string of the molecule is CCC1CCC(N)(C(F)(F)F)CC1. The summed E-state index contributed by atoms with van der Waals surface area (Å²) in [5.41, 5.74) is 3.42. The Labute approximate surface area is 76.5 Å². The molecule has 0 saturated heterocycles. The van der Waals surface area contributed by atoms with Crippen molar-refractivity contribution in [3.05, 3.63) is 0 Å². The highest BCUT2D eigenvalue weighted by Gasteiger charge is 2.52. The fourth-order valence-electron chi connectivity index (χ4n) is 1.88. The lowest BCUT2D eigenvalue weighted by molar-refractivity contribution is -0.196. The number of halogens is 3. The van der Waals surface area contributed by atoms with Gasteiger partial charge in [0.05, 0.1) is 0 Å². The lowest BCUT2D eigenvalue weighted by Crippen LogP contribution is -2.55. The Morgan fingerprint density at radius 3 is 2.08 bits per heavy atom. The van der Waals surface area contributed by atoms with Crippen LogP contribution in [0.15, 0.2) is 0 Å². The second-order valence-electron chi connectivity index (χ2n) is 4.01. The number of hydrogen-bond donors (Lipinski definition) is 1. The molecule has 0 heterocycles. The maximum Gasteiger partial charge on any atom is 0.406 e. The van der Waals surface area contributed by atoms with Gasteiger partial charge in [-0.3, -0.25) is 0 Å². The first-order chi connectivity index (χ1) is 5.89. The molecular formula is C9H16F3N. The van der Waals surface area contributed by atoms with Gasteiger partial charge in [0.2, 0.25) is 0 Å². The molecule has 1 saturated carbocycles. The minimum absolute atomic E-state index is 0.0923. The van der Waals surface area contributed by atoms with Gasteiger partial charge in [0.25, 0.3) is 0 Å². The zero-order chi connectivity index (χ0) is 10.1. The van der Waals surface area contributed by atoms with Crippen LogP contribution in [0.3, 0.4) is 0 Å². The average molecular weight is 195 g/mol. The predicted octanol–water partition coefficient (Wildman–Crippen LogP) is 2.85. The molecular weight excluding hydrogens is 179 g/mol. The quantitative estimate of drug-likeness (QED) is 0.684. The van der Waals surface area contributed by atoms with E-state index in [2.05, 4.69) is 0 Å². The van der Waals surface area contributed by atoms with Crippen molar-refractivity contribution in [1.82, 2.24) is 0 Å². The number of hydrogen-bond acceptors (Lipinski definition) is 1. The summed E-state index contributed by atoms with van der Waals surface area (Å²) in [6.45, 7) is 2.02. The van der Waals surface area contributed by atoms with Crippen LogP contribution in [0.2, 0.25) is 0 Å². The third-order valence-corrected chi connectivity index (χ3v) is 3.14. The monoisotopic (exact) mass is 195 g/mol. The van der Waals surface area contributed by atoms with Crippen LogP contribution in [0.1, 0.15) is 39.0 Å². The standard InChI is InChI=1S/C9H16F3N/c1-2-7-3-5-8(13,6-4-7)9(10,11)12/h7H,2-6,13H2,1H3. The summed E-state index contributed by atoms with van der Waals surface area (Å²) in [6, 6.07) is 0. The molecule has 2 N–H and O–H groups in total. The summed E-state index contributed by atoms with van der Waals surface area (Å²) in [5, 5.41) is 0. The van der Waals surface area contributed by atoms with Gasteiger partial charge in [-0.1, -0.05) is 13.3 Å². The average Bonchev–Trinajstić information content (AvgIpc) is 2.04. The molecule has 0 atom stereocenters. The summed E-state index contributed by atoms with van der Waals surface area (Å²) in [5.74, 6) is 0.444. The molecule has 0 aromatic rings. The van der Waals surface area contributed by atoms with Gasteiger partial charge in [-0.15, -0.1) is 0 Å². The Morgan fingerprint density at radius 2 is 1.77 bits per heavy atom. The number of rotatable bonds is 1. The van der Waals surface area contributed by atoms with Crippen molar-refractivity contribution >= 4 is 0 Å². The Hall–Kier alpha value is -0.250. The molecule has 78 valence electrons. The van der Waals surface area contributed by atoms with E-state index in [1.54, 1.807) is 0 Å². The summed E-state index contributed by atoms with van der Waals surface area (Å²) in [6.07, 6.45) is -1.84. The van der Waals surface area contributed by atoms with Gasteiger partial charge in [0.15, 0.2) is 0 Å². The molecule has 13 heavy (non-hydrogen) atoms. The molecule has 0 aliphatic heterocycles. The van der Waals surface area contributed by atoms with E-state index in [0.717, 1.165) is 6.42 Å². The van der Waals surface area contributed by atoms with Crippen molar-refractivity contribution in [3.63, 3.8) is 0 Å². The maximum atomic E-state index is 12.4. The molecule has 0 unspecified atom stereocenters. The van der Waals surface area contributed by atoms with E-state index in [1.165, 1.54) is 0 Å². The van der Waals surface area contributed by atoms with Gasteiger partial charge >= 0.3 is 6.18 Å². The van der Waals surface area contributed by atoms with Crippen LogP contribution in [0.25, 0.3) is 0 Å². The van der Waals surface area contributed by atoms with E-state index in [0.29, 0.717) is 18.8 Å². The minimum atomic E-state index is -4.23. The van der Waals surface area contributed by atoms with Gasteiger partial charge in [-0.2, -0.15) is 13.2 Å². The van der Waals surface area contributed by atoms with Gasteiger partial charge < -0.3 is 5.73 Å². The van der Waals surface area contributed by atoms with Gasteiger partial charge in [0.1, 0.15) is 5.54 Å². The van der Waals surface area contributed by atoms with Crippen LogP contribution in [0.4, 0.5) is 13.2 Å². The lowest BCUT2D eigenvalue weighted by Gasteiger charge is -2.38. The summed E-state index contributed by atoms with van der Waals surface area (Å²) in [4.78, 5) is 0. The molecule has 1 rings (SSSR count). The Kier molecular flexibility index (Phi) is 2.90. The Bertz CT molecular complexity index is 168. The molecule has 0 aromatic heterocycles. The van der Waals surface area contributed by atoms with E-state index in [4.69, 9.17) is 5.73 Å². The van der Waals surface area contributed by atoms with Crippen molar-refractivity contribution in [1.29, 1.82) is 0 Å². The predicted molar refractivity (Wildman–Crippen MR) is 45.2 cm³/mol. The fourth-order valence-corrected chi connectivity index (χ4v) is 1.88. The van der Waals surface area contributed by atoms with E-state index < -0.39 is 11.7 Å². The van der Waals surface area contributed by atoms with Crippen molar-refractivity contribution in [2.45, 2.75) is 50.7 Å². The van der Waals surface area contributed by atoms with Crippen molar-refractivity contribution in [3.8, 4) is 0 Å². The summed E-state index contributed by atoms with van der Waals surface area (Å²) < 4.78 is 37.3. The van der Waals surface area contributed by atoms with Crippen LogP contribution < -0.4 is 5.73 Å². The highest BCUT2D eigenvalue weighted by Crippen LogP contribution is 2.41. The first kappa shape index (κ1) is 10.8. The Morgan fingerprint density at radius 1 is 1.31 bits per heavy atom. The van der Waals surface area contributed by atoms with Gasteiger partial charge in [0, 0.05) is 0 Å². The van der Waals surface area contributed by atoms with Crippen LogP contribution >= 0.6 is 0 Å². The maximum absolute atomic E-state index is 12.4. The van der Waals surface area contributed by atoms with Crippen LogP contribution in [-0.2, 0) is 0 Å². The minimum Gasteiger partial charge on any atom is -0.318 e. The van der Waals surface area contributed by atoms with Crippen LogP contribution in [-0.4, -0.2) is 11.7 Å². The zero-order valence-corrected chi connectivity index (χ0v) is 7.82. The molecule has 0 aromatic carbocycles. The van der Waals surface area contributed by atoms with E-state index in [-0.39, 0.29) is 12.8 Å². The van der Waals surface area contributed by atoms with E-state index >= 15 is 0 Å². The summed E-state index contributed by atoms with van der Waals surface area (Å²) >= 11 is 0. The molecule has 0 amide bonds. The molecule has 1 aliphatic carbocycles. The van der Waals surface area contributed by atoms with Crippen LogP contribution in [0, 0.1) is 5.92 Å². The topological polar surface area (TPSA) is 26.0 Å². The molecule has 1 nitrogen and oxygen atoms in total. The largest absolute Gasteiger partial charge is 0.406 e. The number of alkyl halides is 3.